The minimum absolute atomic E-state index is 0.489. The molecular weight excluding hydrogens is 270 g/mol. The maximum absolute atomic E-state index is 10.1. The lowest BCUT2D eigenvalue weighted by Crippen LogP contribution is -2.45. The van der Waals surface area contributed by atoms with Gasteiger partial charge in [-0.1, -0.05) is 0 Å². The molecule has 0 saturated carbocycles. The van der Waals surface area contributed by atoms with Crippen LogP contribution < -0.4 is 0 Å². The third-order valence-electron chi connectivity index (χ3n) is 3.85. The molecule has 6 nitrogen and oxygen atoms in total. The van der Waals surface area contributed by atoms with Crippen molar-refractivity contribution in [2.24, 2.45) is 0 Å². The lowest BCUT2D eigenvalue weighted by atomic mass is 9.95. The molecule has 1 aliphatic rings. The highest BCUT2D eigenvalue weighted by molar-refractivity contribution is 5.55. The number of aromatic nitrogens is 2. The highest BCUT2D eigenvalue weighted by Gasteiger charge is 2.29. The lowest BCUT2D eigenvalue weighted by molar-refractivity contribution is -0.0202. The molecule has 3 heterocycles. The minimum atomic E-state index is -0.626. The SMILES string of the molecule is Cc1cc(-c2nnc(CN3CCCC(C)(O)C3)o2)c(C)o1. The largest absolute Gasteiger partial charge is 0.466 e. The van der Waals surface area contributed by atoms with Gasteiger partial charge in [0.2, 0.25) is 5.89 Å². The van der Waals surface area contributed by atoms with E-state index >= 15 is 0 Å². The van der Waals surface area contributed by atoms with E-state index in [0.717, 1.165) is 36.5 Å². The van der Waals surface area contributed by atoms with E-state index in [-0.39, 0.29) is 0 Å². The van der Waals surface area contributed by atoms with Gasteiger partial charge in [0.1, 0.15) is 11.5 Å². The molecule has 0 bridgehead atoms. The summed E-state index contributed by atoms with van der Waals surface area (Å²) in [5.74, 6) is 2.67. The van der Waals surface area contributed by atoms with Crippen LogP contribution in [0.25, 0.3) is 11.5 Å². The Balaban J connectivity index is 1.72. The van der Waals surface area contributed by atoms with Crippen molar-refractivity contribution >= 4 is 0 Å². The number of hydrogen-bond acceptors (Lipinski definition) is 6. The number of hydrogen-bond donors (Lipinski definition) is 1. The summed E-state index contributed by atoms with van der Waals surface area (Å²) in [6.07, 6.45) is 1.82. The van der Waals surface area contributed by atoms with Crippen LogP contribution in [-0.2, 0) is 6.54 Å². The Morgan fingerprint density at radius 2 is 2.14 bits per heavy atom. The highest BCUT2D eigenvalue weighted by Crippen LogP contribution is 2.26. The molecule has 1 N–H and O–H groups in total. The first kappa shape index (κ1) is 14.3. The summed E-state index contributed by atoms with van der Waals surface area (Å²) in [6, 6.07) is 1.90. The molecule has 1 atom stereocenters. The number of piperidine rings is 1. The van der Waals surface area contributed by atoms with Crippen molar-refractivity contribution in [2.45, 2.75) is 45.8 Å². The third kappa shape index (κ3) is 3.16. The molecule has 6 heteroatoms. The number of aliphatic hydroxyl groups is 1. The zero-order valence-corrected chi connectivity index (χ0v) is 12.7. The first-order chi connectivity index (χ1) is 9.93. The Morgan fingerprint density at radius 3 is 2.81 bits per heavy atom. The number of rotatable bonds is 3. The summed E-state index contributed by atoms with van der Waals surface area (Å²) < 4.78 is 11.2. The van der Waals surface area contributed by atoms with E-state index in [1.807, 2.05) is 26.8 Å². The van der Waals surface area contributed by atoms with Gasteiger partial charge in [0.15, 0.2) is 0 Å². The molecule has 0 spiro atoms. The summed E-state index contributed by atoms with van der Waals surface area (Å²) in [5, 5.41) is 18.3. The first-order valence-corrected chi connectivity index (χ1v) is 7.27. The monoisotopic (exact) mass is 291 g/mol. The van der Waals surface area contributed by atoms with E-state index in [0.29, 0.717) is 24.9 Å². The molecule has 1 aliphatic heterocycles. The van der Waals surface area contributed by atoms with Crippen LogP contribution in [-0.4, -0.2) is 38.9 Å². The van der Waals surface area contributed by atoms with Crippen molar-refractivity contribution in [3.63, 3.8) is 0 Å². The van der Waals surface area contributed by atoms with Crippen molar-refractivity contribution in [3.05, 3.63) is 23.5 Å². The molecule has 1 saturated heterocycles. The molecule has 0 amide bonds. The standard InChI is InChI=1S/C15H21N3O3/c1-10-7-12(11(2)20-10)14-17-16-13(21-14)8-18-6-4-5-15(3,19)9-18/h7,19H,4-6,8-9H2,1-3H3. The molecule has 1 fully saturated rings. The Hall–Kier alpha value is -1.66. The summed E-state index contributed by atoms with van der Waals surface area (Å²) in [6.45, 7) is 7.79. The number of furan rings is 1. The van der Waals surface area contributed by atoms with Crippen molar-refractivity contribution < 1.29 is 13.9 Å². The van der Waals surface area contributed by atoms with Gasteiger partial charge in [-0.2, -0.15) is 0 Å². The molecule has 0 aromatic carbocycles. The quantitative estimate of drug-likeness (QED) is 0.935. The second-order valence-electron chi connectivity index (χ2n) is 6.14. The summed E-state index contributed by atoms with van der Waals surface area (Å²) in [5.41, 5.74) is 0.219. The van der Waals surface area contributed by atoms with Crippen LogP contribution in [0.2, 0.25) is 0 Å². The van der Waals surface area contributed by atoms with Gasteiger partial charge in [0, 0.05) is 6.54 Å². The van der Waals surface area contributed by atoms with E-state index in [1.165, 1.54) is 0 Å². The topological polar surface area (TPSA) is 75.5 Å². The van der Waals surface area contributed by atoms with Crippen molar-refractivity contribution in [2.75, 3.05) is 13.1 Å². The first-order valence-electron chi connectivity index (χ1n) is 7.27. The Morgan fingerprint density at radius 1 is 1.33 bits per heavy atom. The summed E-state index contributed by atoms with van der Waals surface area (Å²) in [7, 11) is 0. The van der Waals surface area contributed by atoms with Crippen LogP contribution in [0.15, 0.2) is 14.9 Å². The Bertz CT molecular complexity index is 630. The third-order valence-corrected chi connectivity index (χ3v) is 3.85. The van der Waals surface area contributed by atoms with Crippen molar-refractivity contribution in [1.29, 1.82) is 0 Å². The van der Waals surface area contributed by atoms with Gasteiger partial charge in [0.05, 0.1) is 17.7 Å². The fraction of sp³-hybridized carbons (Fsp3) is 0.600. The van der Waals surface area contributed by atoms with Gasteiger partial charge in [-0.25, -0.2) is 0 Å². The van der Waals surface area contributed by atoms with Crippen LogP contribution in [0.3, 0.4) is 0 Å². The molecule has 2 aromatic heterocycles. The van der Waals surface area contributed by atoms with Gasteiger partial charge in [0.25, 0.3) is 5.89 Å². The molecule has 1 unspecified atom stereocenters. The van der Waals surface area contributed by atoms with E-state index < -0.39 is 5.60 Å². The summed E-state index contributed by atoms with van der Waals surface area (Å²) in [4.78, 5) is 2.15. The maximum atomic E-state index is 10.1. The predicted octanol–water partition coefficient (Wildman–Crippen LogP) is 2.29. The van der Waals surface area contributed by atoms with Crippen LogP contribution in [0.5, 0.6) is 0 Å². The van der Waals surface area contributed by atoms with Crippen LogP contribution in [0.1, 0.15) is 37.2 Å². The number of nitrogens with zero attached hydrogens (tertiary/aromatic N) is 3. The summed E-state index contributed by atoms with van der Waals surface area (Å²) >= 11 is 0. The highest BCUT2D eigenvalue weighted by atomic mass is 16.4. The van der Waals surface area contributed by atoms with E-state index in [1.54, 1.807) is 0 Å². The van der Waals surface area contributed by atoms with Crippen LogP contribution in [0.4, 0.5) is 0 Å². The Kier molecular flexibility index (Phi) is 3.59. The van der Waals surface area contributed by atoms with Crippen molar-refractivity contribution in [1.82, 2.24) is 15.1 Å². The van der Waals surface area contributed by atoms with Crippen molar-refractivity contribution in [3.8, 4) is 11.5 Å². The predicted molar refractivity (Wildman–Crippen MR) is 76.6 cm³/mol. The second-order valence-corrected chi connectivity index (χ2v) is 6.14. The van der Waals surface area contributed by atoms with Crippen LogP contribution >= 0.6 is 0 Å². The fourth-order valence-corrected chi connectivity index (χ4v) is 2.92. The number of likely N-dealkylation sites (tertiary alicyclic amines) is 1. The van der Waals surface area contributed by atoms with Gasteiger partial charge in [-0.3, -0.25) is 4.90 Å². The van der Waals surface area contributed by atoms with E-state index in [4.69, 9.17) is 8.83 Å². The Labute approximate surface area is 123 Å². The second kappa shape index (κ2) is 5.27. The average molecular weight is 291 g/mol. The molecule has 0 aliphatic carbocycles. The molecule has 21 heavy (non-hydrogen) atoms. The van der Waals surface area contributed by atoms with Gasteiger partial charge >= 0.3 is 0 Å². The average Bonchev–Trinajstić information content (AvgIpc) is 2.94. The molecule has 114 valence electrons. The zero-order valence-electron chi connectivity index (χ0n) is 12.7. The smallest absolute Gasteiger partial charge is 0.251 e. The zero-order chi connectivity index (χ0) is 15.0. The molecule has 3 rings (SSSR count). The lowest BCUT2D eigenvalue weighted by Gasteiger charge is -2.35. The maximum Gasteiger partial charge on any atom is 0.251 e. The minimum Gasteiger partial charge on any atom is -0.466 e. The van der Waals surface area contributed by atoms with E-state index in [2.05, 4.69) is 15.1 Å². The van der Waals surface area contributed by atoms with Gasteiger partial charge in [-0.05, 0) is 46.2 Å². The van der Waals surface area contributed by atoms with Gasteiger partial charge in [-0.15, -0.1) is 10.2 Å². The number of β-amino-alcohol motifs (C(OH)–C–C–N with tert-alkyl or cyclic N) is 1. The molecular formula is C15H21N3O3. The molecule has 0 radical (unpaired) electrons. The van der Waals surface area contributed by atoms with E-state index in [9.17, 15) is 5.11 Å². The normalized spacial score (nSPS) is 23.6. The van der Waals surface area contributed by atoms with Crippen LogP contribution in [0, 0.1) is 13.8 Å². The fourth-order valence-electron chi connectivity index (χ4n) is 2.92. The van der Waals surface area contributed by atoms with Gasteiger partial charge < -0.3 is 13.9 Å². The molecule has 2 aromatic rings. The number of aryl methyl sites for hydroxylation is 2.